The molecule has 94 valence electrons. The summed E-state index contributed by atoms with van der Waals surface area (Å²) in [6, 6.07) is 0.517. The standard InChI is InChI=1S/C12H21N5/c1-4-10-11(5-2)15-16-12(14-10)17-7-6-9(13)8(17)3/h8-9H,4-7,13H2,1-3H3. The number of nitrogens with two attached hydrogens (primary N) is 1. The fourth-order valence-corrected chi connectivity index (χ4v) is 2.30. The average Bonchev–Trinajstić information content (AvgIpc) is 2.69. The fourth-order valence-electron chi connectivity index (χ4n) is 2.30. The molecule has 2 atom stereocenters. The number of hydrogen-bond donors (Lipinski definition) is 1. The lowest BCUT2D eigenvalue weighted by molar-refractivity contribution is 0.613. The molecule has 2 rings (SSSR count). The Bertz CT molecular complexity index is 392. The molecule has 1 saturated heterocycles. The molecule has 0 amide bonds. The van der Waals surface area contributed by atoms with Crippen LogP contribution in [0.25, 0.3) is 0 Å². The first-order valence-electron chi connectivity index (χ1n) is 6.42. The van der Waals surface area contributed by atoms with Crippen LogP contribution in [0.5, 0.6) is 0 Å². The van der Waals surface area contributed by atoms with Gasteiger partial charge in [-0.1, -0.05) is 13.8 Å². The topological polar surface area (TPSA) is 67.9 Å². The highest BCUT2D eigenvalue weighted by atomic mass is 15.4. The quantitative estimate of drug-likeness (QED) is 0.844. The van der Waals surface area contributed by atoms with Crippen LogP contribution >= 0.6 is 0 Å². The van der Waals surface area contributed by atoms with E-state index in [-0.39, 0.29) is 6.04 Å². The van der Waals surface area contributed by atoms with Gasteiger partial charge in [0.25, 0.3) is 0 Å². The Hall–Kier alpha value is -1.23. The van der Waals surface area contributed by atoms with E-state index in [1.165, 1.54) is 0 Å². The largest absolute Gasteiger partial charge is 0.335 e. The molecule has 5 nitrogen and oxygen atoms in total. The van der Waals surface area contributed by atoms with Crippen LogP contribution in [-0.4, -0.2) is 33.8 Å². The van der Waals surface area contributed by atoms with Gasteiger partial charge in [0.15, 0.2) is 0 Å². The molecule has 0 saturated carbocycles. The second-order valence-corrected chi connectivity index (χ2v) is 4.60. The lowest BCUT2D eigenvalue weighted by atomic mass is 10.2. The number of aryl methyl sites for hydroxylation is 2. The van der Waals surface area contributed by atoms with Crippen LogP contribution in [0.1, 0.15) is 38.6 Å². The molecule has 17 heavy (non-hydrogen) atoms. The Balaban J connectivity index is 2.27. The third-order valence-corrected chi connectivity index (χ3v) is 3.57. The SMILES string of the molecule is CCc1nnc(N2CCC(N)C2C)nc1CC. The molecule has 1 aromatic heterocycles. The highest BCUT2D eigenvalue weighted by Gasteiger charge is 2.30. The van der Waals surface area contributed by atoms with E-state index in [2.05, 4.69) is 40.9 Å². The van der Waals surface area contributed by atoms with E-state index in [1.807, 2.05) is 0 Å². The highest BCUT2D eigenvalue weighted by molar-refractivity contribution is 5.34. The van der Waals surface area contributed by atoms with Crippen molar-refractivity contribution in [3.63, 3.8) is 0 Å². The van der Waals surface area contributed by atoms with Crippen molar-refractivity contribution < 1.29 is 0 Å². The number of aromatic nitrogens is 3. The van der Waals surface area contributed by atoms with Crippen LogP contribution in [0, 0.1) is 0 Å². The summed E-state index contributed by atoms with van der Waals surface area (Å²) in [4.78, 5) is 6.79. The van der Waals surface area contributed by atoms with Crippen LogP contribution in [0.4, 0.5) is 5.95 Å². The molecule has 1 fully saturated rings. The van der Waals surface area contributed by atoms with Gasteiger partial charge in [-0.25, -0.2) is 4.98 Å². The van der Waals surface area contributed by atoms with Gasteiger partial charge in [-0.3, -0.25) is 0 Å². The maximum Gasteiger partial charge on any atom is 0.245 e. The van der Waals surface area contributed by atoms with Gasteiger partial charge in [-0.05, 0) is 26.2 Å². The predicted octanol–water partition coefficient (Wildman–Crippen LogP) is 0.922. The average molecular weight is 235 g/mol. The third-order valence-electron chi connectivity index (χ3n) is 3.57. The van der Waals surface area contributed by atoms with Crippen LogP contribution < -0.4 is 10.6 Å². The summed E-state index contributed by atoms with van der Waals surface area (Å²) in [5, 5.41) is 8.51. The fraction of sp³-hybridized carbons (Fsp3) is 0.750. The molecule has 0 radical (unpaired) electrons. The lowest BCUT2D eigenvalue weighted by Gasteiger charge is -2.23. The lowest BCUT2D eigenvalue weighted by Crippen LogP contribution is -2.38. The molecule has 2 N–H and O–H groups in total. The molecular formula is C12H21N5. The first-order valence-corrected chi connectivity index (χ1v) is 6.42. The molecule has 0 aromatic carbocycles. The Morgan fingerprint density at radius 3 is 2.47 bits per heavy atom. The Kier molecular flexibility index (Phi) is 3.57. The van der Waals surface area contributed by atoms with E-state index >= 15 is 0 Å². The van der Waals surface area contributed by atoms with E-state index in [0.717, 1.165) is 43.1 Å². The van der Waals surface area contributed by atoms with Crippen molar-refractivity contribution in [3.05, 3.63) is 11.4 Å². The molecule has 0 spiro atoms. The molecule has 1 aliphatic heterocycles. The van der Waals surface area contributed by atoms with Crippen molar-refractivity contribution >= 4 is 5.95 Å². The third kappa shape index (κ3) is 2.24. The van der Waals surface area contributed by atoms with Crippen LogP contribution in [0.15, 0.2) is 0 Å². The van der Waals surface area contributed by atoms with Gasteiger partial charge < -0.3 is 10.6 Å². The van der Waals surface area contributed by atoms with Crippen molar-refractivity contribution in [3.8, 4) is 0 Å². The summed E-state index contributed by atoms with van der Waals surface area (Å²) in [5.41, 5.74) is 8.08. The van der Waals surface area contributed by atoms with Gasteiger partial charge in [0.1, 0.15) is 0 Å². The van der Waals surface area contributed by atoms with Crippen molar-refractivity contribution in [2.75, 3.05) is 11.4 Å². The van der Waals surface area contributed by atoms with Gasteiger partial charge in [0.2, 0.25) is 5.95 Å². The van der Waals surface area contributed by atoms with Crippen molar-refractivity contribution in [2.45, 2.75) is 52.1 Å². The van der Waals surface area contributed by atoms with E-state index < -0.39 is 0 Å². The van der Waals surface area contributed by atoms with Crippen molar-refractivity contribution in [1.82, 2.24) is 15.2 Å². The van der Waals surface area contributed by atoms with Crippen LogP contribution in [-0.2, 0) is 12.8 Å². The van der Waals surface area contributed by atoms with E-state index in [9.17, 15) is 0 Å². The molecular weight excluding hydrogens is 214 g/mol. The normalized spacial score (nSPS) is 24.4. The molecule has 0 aliphatic carbocycles. The van der Waals surface area contributed by atoms with Gasteiger partial charge in [-0.2, -0.15) is 5.10 Å². The van der Waals surface area contributed by atoms with Gasteiger partial charge in [0.05, 0.1) is 11.4 Å². The Morgan fingerprint density at radius 1 is 1.24 bits per heavy atom. The Morgan fingerprint density at radius 2 is 1.94 bits per heavy atom. The number of hydrogen-bond acceptors (Lipinski definition) is 5. The summed E-state index contributed by atoms with van der Waals surface area (Å²) >= 11 is 0. The van der Waals surface area contributed by atoms with Gasteiger partial charge in [-0.15, -0.1) is 5.10 Å². The minimum absolute atomic E-state index is 0.217. The Labute approximate surface area is 102 Å². The van der Waals surface area contributed by atoms with E-state index in [4.69, 9.17) is 5.73 Å². The first-order chi connectivity index (χ1) is 8.17. The number of nitrogens with zero attached hydrogens (tertiary/aromatic N) is 4. The summed E-state index contributed by atoms with van der Waals surface area (Å²) in [5.74, 6) is 0.736. The van der Waals surface area contributed by atoms with Crippen molar-refractivity contribution in [2.24, 2.45) is 5.73 Å². The molecule has 2 heterocycles. The predicted molar refractivity (Wildman–Crippen MR) is 68.0 cm³/mol. The molecule has 2 unspecified atom stereocenters. The first kappa shape index (κ1) is 12.2. The van der Waals surface area contributed by atoms with Crippen LogP contribution in [0.3, 0.4) is 0 Å². The summed E-state index contributed by atoms with van der Waals surface area (Å²) in [7, 11) is 0. The van der Waals surface area contributed by atoms with Crippen molar-refractivity contribution in [1.29, 1.82) is 0 Å². The minimum Gasteiger partial charge on any atom is -0.335 e. The molecule has 5 heteroatoms. The number of anilines is 1. The van der Waals surface area contributed by atoms with Gasteiger partial charge in [0, 0.05) is 18.6 Å². The second kappa shape index (κ2) is 4.96. The van der Waals surface area contributed by atoms with E-state index in [1.54, 1.807) is 0 Å². The molecule has 0 bridgehead atoms. The minimum atomic E-state index is 0.217. The zero-order valence-corrected chi connectivity index (χ0v) is 10.8. The zero-order valence-electron chi connectivity index (χ0n) is 10.8. The monoisotopic (exact) mass is 235 g/mol. The maximum absolute atomic E-state index is 6.01. The number of rotatable bonds is 3. The smallest absolute Gasteiger partial charge is 0.245 e. The summed E-state index contributed by atoms with van der Waals surface area (Å²) < 4.78 is 0. The summed E-state index contributed by atoms with van der Waals surface area (Å²) in [6.07, 6.45) is 2.79. The van der Waals surface area contributed by atoms with E-state index in [0.29, 0.717) is 6.04 Å². The maximum atomic E-state index is 6.01. The molecule has 1 aromatic rings. The molecule has 1 aliphatic rings. The van der Waals surface area contributed by atoms with Crippen LogP contribution in [0.2, 0.25) is 0 Å². The highest BCUT2D eigenvalue weighted by Crippen LogP contribution is 2.21. The second-order valence-electron chi connectivity index (χ2n) is 4.60. The van der Waals surface area contributed by atoms with Gasteiger partial charge >= 0.3 is 0 Å². The summed E-state index contributed by atoms with van der Waals surface area (Å²) in [6.45, 7) is 7.24. The zero-order chi connectivity index (χ0) is 12.4.